The molecule has 6 heteroatoms. The molecule has 0 spiro atoms. The first-order chi connectivity index (χ1) is 11.7. The number of piperidine rings is 1. The zero-order valence-corrected chi connectivity index (χ0v) is 16.7. The number of benzene rings is 1. The number of amides is 1. The van der Waals surface area contributed by atoms with Crippen LogP contribution >= 0.6 is 0 Å². The quantitative estimate of drug-likeness (QED) is 0.871. The number of carbonyl (C=O) groups excluding carboxylic acids is 1. The molecular weight excluding hydrogens is 336 g/mol. The van der Waals surface area contributed by atoms with Crippen LogP contribution in [0.1, 0.15) is 55.0 Å². The number of nitrogens with one attached hydrogen (secondary N) is 1. The Hall–Kier alpha value is -1.40. The highest BCUT2D eigenvalue weighted by Crippen LogP contribution is 2.24. The Kier molecular flexibility index (Phi) is 6.27. The molecule has 1 amide bonds. The van der Waals surface area contributed by atoms with Crippen LogP contribution in [0.3, 0.4) is 0 Å². The van der Waals surface area contributed by atoms with E-state index in [1.54, 1.807) is 6.92 Å². The van der Waals surface area contributed by atoms with Gasteiger partial charge in [0.1, 0.15) is 0 Å². The summed E-state index contributed by atoms with van der Waals surface area (Å²) >= 11 is 0. The number of hydrogen-bond donors (Lipinski definition) is 1. The Morgan fingerprint density at radius 1 is 1.24 bits per heavy atom. The molecule has 140 valence electrons. The largest absolute Gasteiger partial charge is 0.349 e. The van der Waals surface area contributed by atoms with Gasteiger partial charge in [-0.05, 0) is 69.7 Å². The van der Waals surface area contributed by atoms with Gasteiger partial charge in [-0.3, -0.25) is 4.79 Å². The highest BCUT2D eigenvalue weighted by Gasteiger charge is 2.32. The standard InChI is InChI=1S/C19H30N2O3S/c1-6-25(23,24)21-9-7-8-17(12-21)19(22)20-16(5)18-11-14(3)13(2)10-15(18)4/h10-11,16-17H,6-9,12H2,1-5H3,(H,20,22)/t16-,17+/m1/s1. The van der Waals surface area contributed by atoms with Crippen LogP contribution in [0.4, 0.5) is 0 Å². The maximum atomic E-state index is 12.7. The zero-order chi connectivity index (χ0) is 18.8. The van der Waals surface area contributed by atoms with E-state index < -0.39 is 10.0 Å². The number of hydrogen-bond acceptors (Lipinski definition) is 3. The van der Waals surface area contributed by atoms with Gasteiger partial charge >= 0.3 is 0 Å². The van der Waals surface area contributed by atoms with Crippen molar-refractivity contribution in [2.24, 2.45) is 5.92 Å². The molecule has 1 heterocycles. The number of rotatable bonds is 5. The molecule has 0 unspecified atom stereocenters. The first-order valence-electron chi connectivity index (χ1n) is 9.01. The summed E-state index contributed by atoms with van der Waals surface area (Å²) in [6, 6.07) is 4.18. The third-order valence-corrected chi connectivity index (χ3v) is 7.07. The van der Waals surface area contributed by atoms with E-state index in [0.717, 1.165) is 24.0 Å². The molecule has 1 N–H and O–H groups in total. The van der Waals surface area contributed by atoms with Crippen molar-refractivity contribution in [3.8, 4) is 0 Å². The van der Waals surface area contributed by atoms with Crippen LogP contribution in [-0.4, -0.2) is 37.5 Å². The van der Waals surface area contributed by atoms with E-state index in [1.807, 2.05) is 6.92 Å². The zero-order valence-electron chi connectivity index (χ0n) is 15.9. The maximum absolute atomic E-state index is 12.7. The van der Waals surface area contributed by atoms with E-state index in [-0.39, 0.29) is 23.6 Å². The van der Waals surface area contributed by atoms with Crippen molar-refractivity contribution in [3.63, 3.8) is 0 Å². The van der Waals surface area contributed by atoms with Crippen molar-refractivity contribution in [2.75, 3.05) is 18.8 Å². The first kappa shape index (κ1) is 19.9. The van der Waals surface area contributed by atoms with Crippen LogP contribution in [0.25, 0.3) is 0 Å². The lowest BCUT2D eigenvalue weighted by atomic mass is 9.95. The SMILES string of the molecule is CCS(=O)(=O)N1CCC[C@H](C(=O)N[C@H](C)c2cc(C)c(C)cc2C)C1. The highest BCUT2D eigenvalue weighted by atomic mass is 32.2. The molecule has 1 aliphatic rings. The minimum absolute atomic E-state index is 0.0545. The normalized spacial score (nSPS) is 20.3. The van der Waals surface area contributed by atoms with Gasteiger partial charge in [-0.2, -0.15) is 0 Å². The van der Waals surface area contributed by atoms with Crippen LogP contribution in [0, 0.1) is 26.7 Å². The van der Waals surface area contributed by atoms with Gasteiger partial charge in [-0.15, -0.1) is 0 Å². The number of sulfonamides is 1. The van der Waals surface area contributed by atoms with Gasteiger partial charge in [0.2, 0.25) is 15.9 Å². The minimum Gasteiger partial charge on any atom is -0.349 e. The molecule has 2 rings (SSSR count). The molecule has 0 aliphatic carbocycles. The van der Waals surface area contributed by atoms with Gasteiger partial charge in [-0.25, -0.2) is 12.7 Å². The molecule has 1 saturated heterocycles. The summed E-state index contributed by atoms with van der Waals surface area (Å²) in [4.78, 5) is 12.7. The molecule has 5 nitrogen and oxygen atoms in total. The third-order valence-electron chi connectivity index (χ3n) is 5.22. The fourth-order valence-corrected chi connectivity index (χ4v) is 4.63. The predicted octanol–water partition coefficient (Wildman–Crippen LogP) is 2.85. The fraction of sp³-hybridized carbons (Fsp3) is 0.632. The smallest absolute Gasteiger partial charge is 0.224 e. The summed E-state index contributed by atoms with van der Waals surface area (Å²) in [5.74, 6) is -0.245. The predicted molar refractivity (Wildman–Crippen MR) is 101 cm³/mol. The van der Waals surface area contributed by atoms with Gasteiger partial charge in [0.05, 0.1) is 17.7 Å². The highest BCUT2D eigenvalue weighted by molar-refractivity contribution is 7.89. The molecule has 0 radical (unpaired) electrons. The maximum Gasteiger partial charge on any atom is 0.224 e. The van der Waals surface area contributed by atoms with Crippen molar-refractivity contribution in [3.05, 3.63) is 34.4 Å². The Balaban J connectivity index is 2.07. The Bertz CT molecular complexity index is 743. The molecule has 1 aliphatic heterocycles. The average molecular weight is 367 g/mol. The summed E-state index contributed by atoms with van der Waals surface area (Å²) in [6.07, 6.45) is 1.47. The van der Waals surface area contributed by atoms with E-state index >= 15 is 0 Å². The second-order valence-corrected chi connectivity index (χ2v) is 9.38. The molecule has 0 saturated carbocycles. The fourth-order valence-electron chi connectivity index (χ4n) is 3.45. The van der Waals surface area contributed by atoms with E-state index in [2.05, 4.69) is 38.2 Å². The second kappa shape index (κ2) is 7.87. The van der Waals surface area contributed by atoms with Crippen molar-refractivity contribution in [1.29, 1.82) is 0 Å². The number of aryl methyl sites for hydroxylation is 3. The van der Waals surface area contributed by atoms with Crippen molar-refractivity contribution in [1.82, 2.24) is 9.62 Å². The molecule has 0 bridgehead atoms. The van der Waals surface area contributed by atoms with Gasteiger partial charge in [-0.1, -0.05) is 12.1 Å². The Morgan fingerprint density at radius 2 is 1.88 bits per heavy atom. The molecule has 1 aromatic rings. The van der Waals surface area contributed by atoms with E-state index in [4.69, 9.17) is 0 Å². The lowest BCUT2D eigenvalue weighted by molar-refractivity contribution is -0.126. The Morgan fingerprint density at radius 3 is 2.52 bits per heavy atom. The van der Waals surface area contributed by atoms with Gasteiger partial charge in [0.15, 0.2) is 0 Å². The van der Waals surface area contributed by atoms with Gasteiger partial charge < -0.3 is 5.32 Å². The molecule has 0 aromatic heterocycles. The number of carbonyl (C=O) groups is 1. The molecule has 2 atom stereocenters. The van der Waals surface area contributed by atoms with Crippen LogP contribution in [0.15, 0.2) is 12.1 Å². The van der Waals surface area contributed by atoms with Gasteiger partial charge in [0.25, 0.3) is 0 Å². The molecule has 25 heavy (non-hydrogen) atoms. The summed E-state index contributed by atoms with van der Waals surface area (Å²) in [5, 5.41) is 3.08. The first-order valence-corrected chi connectivity index (χ1v) is 10.6. The minimum atomic E-state index is -3.23. The van der Waals surface area contributed by atoms with Crippen LogP contribution in [0.5, 0.6) is 0 Å². The van der Waals surface area contributed by atoms with Crippen LogP contribution < -0.4 is 5.32 Å². The monoisotopic (exact) mass is 366 g/mol. The number of nitrogens with zero attached hydrogens (tertiary/aromatic N) is 1. The van der Waals surface area contributed by atoms with Crippen LogP contribution in [-0.2, 0) is 14.8 Å². The molecule has 1 fully saturated rings. The molecular formula is C19H30N2O3S. The summed E-state index contributed by atoms with van der Waals surface area (Å²) < 4.78 is 25.6. The van der Waals surface area contributed by atoms with E-state index in [1.165, 1.54) is 15.4 Å². The second-order valence-electron chi connectivity index (χ2n) is 7.12. The van der Waals surface area contributed by atoms with Crippen LogP contribution in [0.2, 0.25) is 0 Å². The molecule has 1 aromatic carbocycles. The topological polar surface area (TPSA) is 66.5 Å². The lowest BCUT2D eigenvalue weighted by Gasteiger charge is -2.31. The third kappa shape index (κ3) is 4.61. The van der Waals surface area contributed by atoms with Gasteiger partial charge in [0, 0.05) is 13.1 Å². The van der Waals surface area contributed by atoms with E-state index in [0.29, 0.717) is 13.1 Å². The Labute approximate surface area is 151 Å². The summed E-state index contributed by atoms with van der Waals surface area (Å²) in [5.41, 5.74) is 4.73. The summed E-state index contributed by atoms with van der Waals surface area (Å²) in [6.45, 7) is 10.6. The van der Waals surface area contributed by atoms with Crippen molar-refractivity contribution >= 4 is 15.9 Å². The van der Waals surface area contributed by atoms with Crippen molar-refractivity contribution < 1.29 is 13.2 Å². The summed E-state index contributed by atoms with van der Waals surface area (Å²) in [7, 11) is -3.23. The van der Waals surface area contributed by atoms with Crippen molar-refractivity contribution in [2.45, 2.75) is 53.5 Å². The van der Waals surface area contributed by atoms with E-state index in [9.17, 15) is 13.2 Å². The average Bonchev–Trinajstić information content (AvgIpc) is 2.58. The lowest BCUT2D eigenvalue weighted by Crippen LogP contribution is -2.46.